The summed E-state index contributed by atoms with van der Waals surface area (Å²) < 4.78 is 12.9. The molecule has 0 saturated heterocycles. The maximum Gasteiger partial charge on any atom is 0.128 e. The van der Waals surface area contributed by atoms with Gasteiger partial charge in [-0.3, -0.25) is 0 Å². The molecule has 0 aliphatic heterocycles. The number of rotatable bonds is 3. The molecular weight excluding hydrogens is 253 g/mol. The lowest BCUT2D eigenvalue weighted by Crippen LogP contribution is -2.13. The lowest BCUT2D eigenvalue weighted by molar-refractivity contribution is 0.628. The van der Waals surface area contributed by atoms with E-state index in [0.29, 0.717) is 5.82 Å². The first-order valence-electron chi connectivity index (χ1n) is 6.35. The summed E-state index contributed by atoms with van der Waals surface area (Å²) in [5.41, 5.74) is 8.88. The molecule has 3 aromatic rings. The molecule has 0 spiro atoms. The minimum atomic E-state index is -0.301. The normalized spacial score (nSPS) is 12.3. The maximum absolute atomic E-state index is 12.9. The summed E-state index contributed by atoms with van der Waals surface area (Å²) in [4.78, 5) is 7.51. The smallest absolute Gasteiger partial charge is 0.128 e. The number of imidazole rings is 1. The predicted octanol–water partition coefficient (Wildman–Crippen LogP) is 3.26. The van der Waals surface area contributed by atoms with E-state index in [4.69, 9.17) is 5.73 Å². The van der Waals surface area contributed by atoms with Crippen molar-refractivity contribution in [1.82, 2.24) is 9.97 Å². The van der Waals surface area contributed by atoms with Crippen LogP contribution in [-0.4, -0.2) is 9.97 Å². The van der Waals surface area contributed by atoms with Gasteiger partial charge in [-0.1, -0.05) is 30.3 Å². The molecule has 1 heterocycles. The number of aromatic nitrogens is 2. The van der Waals surface area contributed by atoms with Crippen LogP contribution in [0.2, 0.25) is 0 Å². The molecular formula is C16H14FN3. The first kappa shape index (κ1) is 12.6. The summed E-state index contributed by atoms with van der Waals surface area (Å²) in [7, 11) is 0. The molecule has 1 unspecified atom stereocenters. The highest BCUT2D eigenvalue weighted by Gasteiger charge is 2.12. The van der Waals surface area contributed by atoms with Crippen LogP contribution >= 0.6 is 0 Å². The summed E-state index contributed by atoms with van der Waals surface area (Å²) in [5.74, 6) is 0.435. The Hall–Kier alpha value is -2.46. The van der Waals surface area contributed by atoms with Gasteiger partial charge in [0.1, 0.15) is 11.6 Å². The summed E-state index contributed by atoms with van der Waals surface area (Å²) in [5, 5.41) is 0. The van der Waals surface area contributed by atoms with Crippen molar-refractivity contribution in [2.75, 3.05) is 0 Å². The minimum absolute atomic E-state index is 0.255. The molecule has 1 aromatic heterocycles. The van der Waals surface area contributed by atoms with Crippen molar-refractivity contribution in [3.05, 3.63) is 78.0 Å². The van der Waals surface area contributed by atoms with Gasteiger partial charge in [-0.05, 0) is 35.4 Å². The molecule has 0 amide bonds. The van der Waals surface area contributed by atoms with Crippen LogP contribution in [0.15, 0.2) is 60.8 Å². The quantitative estimate of drug-likeness (QED) is 0.765. The summed E-state index contributed by atoms with van der Waals surface area (Å²) >= 11 is 0. The molecule has 3 N–H and O–H groups in total. The highest BCUT2D eigenvalue weighted by Crippen LogP contribution is 2.21. The molecule has 20 heavy (non-hydrogen) atoms. The highest BCUT2D eigenvalue weighted by molar-refractivity contribution is 5.58. The van der Waals surface area contributed by atoms with E-state index >= 15 is 0 Å². The van der Waals surface area contributed by atoms with Gasteiger partial charge < -0.3 is 10.7 Å². The van der Waals surface area contributed by atoms with Crippen molar-refractivity contribution in [3.63, 3.8) is 0 Å². The number of H-pyrrole nitrogens is 1. The Labute approximate surface area is 116 Å². The SMILES string of the molecule is NC(c1ccccc1)c1ncc(-c2ccc(F)cc2)[nH]1. The van der Waals surface area contributed by atoms with Gasteiger partial charge in [-0.15, -0.1) is 0 Å². The fraction of sp³-hybridized carbons (Fsp3) is 0.0625. The van der Waals surface area contributed by atoms with Crippen LogP contribution in [0.25, 0.3) is 11.3 Å². The zero-order chi connectivity index (χ0) is 13.9. The second-order valence-electron chi connectivity index (χ2n) is 4.58. The van der Waals surface area contributed by atoms with Crippen molar-refractivity contribution in [3.8, 4) is 11.3 Å². The number of hydrogen-bond donors (Lipinski definition) is 2. The number of hydrogen-bond acceptors (Lipinski definition) is 2. The van der Waals surface area contributed by atoms with Crippen LogP contribution in [0.1, 0.15) is 17.4 Å². The Morgan fingerprint density at radius 2 is 1.70 bits per heavy atom. The second-order valence-corrected chi connectivity index (χ2v) is 4.58. The molecule has 100 valence electrons. The molecule has 0 bridgehead atoms. The topological polar surface area (TPSA) is 54.7 Å². The number of halogens is 1. The zero-order valence-electron chi connectivity index (χ0n) is 10.8. The maximum atomic E-state index is 12.9. The fourth-order valence-corrected chi connectivity index (χ4v) is 2.09. The molecule has 1 atom stereocenters. The third-order valence-corrected chi connectivity index (χ3v) is 3.20. The highest BCUT2D eigenvalue weighted by atomic mass is 19.1. The lowest BCUT2D eigenvalue weighted by Gasteiger charge is -2.08. The predicted molar refractivity (Wildman–Crippen MR) is 76.5 cm³/mol. The summed E-state index contributed by atoms with van der Waals surface area (Å²) in [6.07, 6.45) is 1.71. The van der Waals surface area contributed by atoms with Gasteiger partial charge in [0.15, 0.2) is 0 Å². The van der Waals surface area contributed by atoms with E-state index in [1.54, 1.807) is 18.3 Å². The minimum Gasteiger partial charge on any atom is -0.340 e. The van der Waals surface area contributed by atoms with E-state index < -0.39 is 0 Å². The Balaban J connectivity index is 1.89. The van der Waals surface area contributed by atoms with Crippen LogP contribution < -0.4 is 5.73 Å². The molecule has 0 aliphatic rings. The van der Waals surface area contributed by atoms with Crippen molar-refractivity contribution in [2.45, 2.75) is 6.04 Å². The zero-order valence-corrected chi connectivity index (χ0v) is 10.8. The van der Waals surface area contributed by atoms with Gasteiger partial charge in [0.2, 0.25) is 0 Å². The van der Waals surface area contributed by atoms with E-state index in [0.717, 1.165) is 16.8 Å². The molecule has 0 fully saturated rings. The molecule has 0 radical (unpaired) electrons. The van der Waals surface area contributed by atoms with E-state index in [-0.39, 0.29) is 11.9 Å². The number of nitrogens with one attached hydrogen (secondary N) is 1. The van der Waals surface area contributed by atoms with E-state index in [9.17, 15) is 4.39 Å². The molecule has 4 heteroatoms. The van der Waals surface area contributed by atoms with Crippen molar-refractivity contribution in [2.24, 2.45) is 5.73 Å². The number of nitrogens with two attached hydrogens (primary N) is 1. The van der Waals surface area contributed by atoms with Crippen LogP contribution in [0.4, 0.5) is 4.39 Å². The van der Waals surface area contributed by atoms with Crippen LogP contribution in [-0.2, 0) is 0 Å². The van der Waals surface area contributed by atoms with Gasteiger partial charge >= 0.3 is 0 Å². The van der Waals surface area contributed by atoms with Crippen LogP contribution in [0.5, 0.6) is 0 Å². The molecule has 3 rings (SSSR count). The van der Waals surface area contributed by atoms with Crippen molar-refractivity contribution < 1.29 is 4.39 Å². The van der Waals surface area contributed by atoms with Crippen molar-refractivity contribution in [1.29, 1.82) is 0 Å². The Morgan fingerprint density at radius 1 is 1.00 bits per heavy atom. The first-order valence-corrected chi connectivity index (χ1v) is 6.35. The van der Waals surface area contributed by atoms with Gasteiger partial charge in [0.05, 0.1) is 17.9 Å². The number of aromatic amines is 1. The molecule has 0 aliphatic carbocycles. The number of nitrogens with zero attached hydrogens (tertiary/aromatic N) is 1. The van der Waals surface area contributed by atoms with Gasteiger partial charge in [0.25, 0.3) is 0 Å². The standard InChI is InChI=1S/C16H14FN3/c17-13-8-6-11(7-9-13)14-10-19-16(20-14)15(18)12-4-2-1-3-5-12/h1-10,15H,18H2,(H,19,20). The molecule has 2 aromatic carbocycles. The molecule has 3 nitrogen and oxygen atoms in total. The first-order chi connectivity index (χ1) is 9.74. The van der Waals surface area contributed by atoms with Crippen molar-refractivity contribution >= 4 is 0 Å². The average Bonchev–Trinajstić information content (AvgIpc) is 2.98. The van der Waals surface area contributed by atoms with Gasteiger partial charge in [-0.25, -0.2) is 9.37 Å². The average molecular weight is 267 g/mol. The lowest BCUT2D eigenvalue weighted by atomic mass is 10.1. The fourth-order valence-electron chi connectivity index (χ4n) is 2.09. The van der Waals surface area contributed by atoms with Gasteiger partial charge in [-0.2, -0.15) is 0 Å². The largest absolute Gasteiger partial charge is 0.340 e. The monoisotopic (exact) mass is 267 g/mol. The van der Waals surface area contributed by atoms with Crippen LogP contribution in [0, 0.1) is 5.82 Å². The Bertz CT molecular complexity index is 689. The molecule has 0 saturated carbocycles. The third kappa shape index (κ3) is 2.46. The van der Waals surface area contributed by atoms with E-state index in [1.807, 2.05) is 30.3 Å². The second kappa shape index (κ2) is 5.27. The van der Waals surface area contributed by atoms with Crippen LogP contribution in [0.3, 0.4) is 0 Å². The number of benzene rings is 2. The van der Waals surface area contributed by atoms with E-state index in [2.05, 4.69) is 9.97 Å². The Kier molecular flexibility index (Phi) is 3.31. The van der Waals surface area contributed by atoms with Gasteiger partial charge in [0, 0.05) is 0 Å². The summed E-state index contributed by atoms with van der Waals surface area (Å²) in [6, 6.07) is 15.7. The Morgan fingerprint density at radius 3 is 2.40 bits per heavy atom. The third-order valence-electron chi connectivity index (χ3n) is 3.20. The van der Waals surface area contributed by atoms with E-state index in [1.165, 1.54) is 12.1 Å². The summed E-state index contributed by atoms with van der Waals surface area (Å²) in [6.45, 7) is 0.